The molecule has 5 rings (SSSR count). The molecule has 1 unspecified atom stereocenters. The summed E-state index contributed by atoms with van der Waals surface area (Å²) < 4.78 is 22.9. The first-order valence-corrected chi connectivity index (χ1v) is 11.3. The summed E-state index contributed by atoms with van der Waals surface area (Å²) in [6, 6.07) is 12.0. The van der Waals surface area contributed by atoms with Crippen LogP contribution in [-0.2, 0) is 6.54 Å². The largest absolute Gasteiger partial charge is 0.493 e. The van der Waals surface area contributed by atoms with E-state index in [1.807, 2.05) is 26.0 Å². The summed E-state index contributed by atoms with van der Waals surface area (Å²) in [5.41, 5.74) is 2.95. The molecule has 7 nitrogen and oxygen atoms in total. The van der Waals surface area contributed by atoms with E-state index in [9.17, 15) is 9.59 Å². The van der Waals surface area contributed by atoms with Crippen molar-refractivity contribution in [2.75, 3.05) is 13.7 Å². The molecule has 0 aliphatic carbocycles. The standard InChI is InChI=1S/C28H25NO6/c1-5-10-34-20-9-8-18(14-21(20)32-4)25-24-26(30)23-17(3)12-16(2)13-22(23)35-27(24)28(31)29(25)15-19-7-6-11-33-19/h5-9,11-14,25H,1,10,15H2,2-4H3. The number of ether oxygens (including phenoxy) is 2. The van der Waals surface area contributed by atoms with Gasteiger partial charge in [-0.15, -0.1) is 0 Å². The van der Waals surface area contributed by atoms with Gasteiger partial charge in [-0.1, -0.05) is 24.8 Å². The lowest BCUT2D eigenvalue weighted by Gasteiger charge is -2.25. The van der Waals surface area contributed by atoms with Gasteiger partial charge in [-0.25, -0.2) is 0 Å². The number of benzene rings is 2. The van der Waals surface area contributed by atoms with E-state index in [2.05, 4.69) is 6.58 Å². The highest BCUT2D eigenvalue weighted by molar-refractivity contribution is 5.99. The van der Waals surface area contributed by atoms with Gasteiger partial charge in [0, 0.05) is 0 Å². The Morgan fingerprint density at radius 3 is 2.66 bits per heavy atom. The molecule has 0 radical (unpaired) electrons. The molecule has 178 valence electrons. The second kappa shape index (κ2) is 8.83. The minimum Gasteiger partial charge on any atom is -0.493 e. The lowest BCUT2D eigenvalue weighted by atomic mass is 9.96. The number of rotatable bonds is 7. The van der Waals surface area contributed by atoms with Gasteiger partial charge in [0.1, 0.15) is 18.0 Å². The second-order valence-corrected chi connectivity index (χ2v) is 8.55. The molecule has 0 spiro atoms. The Kier molecular flexibility index (Phi) is 5.68. The number of nitrogens with zero attached hydrogens (tertiary/aromatic N) is 1. The molecule has 1 aliphatic rings. The fourth-order valence-electron chi connectivity index (χ4n) is 4.72. The smallest absolute Gasteiger partial charge is 0.291 e. The van der Waals surface area contributed by atoms with Crippen molar-refractivity contribution in [2.24, 2.45) is 0 Å². The lowest BCUT2D eigenvalue weighted by molar-refractivity contribution is 0.0701. The van der Waals surface area contributed by atoms with Gasteiger partial charge in [0.25, 0.3) is 5.91 Å². The average Bonchev–Trinajstić information content (AvgIpc) is 3.44. The monoisotopic (exact) mass is 471 g/mol. The highest BCUT2D eigenvalue weighted by Crippen LogP contribution is 2.42. The Labute approximate surface area is 202 Å². The van der Waals surface area contributed by atoms with Crippen molar-refractivity contribution in [1.82, 2.24) is 4.90 Å². The molecule has 4 aromatic rings. The Bertz CT molecular complexity index is 1500. The quantitative estimate of drug-likeness (QED) is 0.339. The molecule has 0 saturated heterocycles. The molecule has 1 aliphatic heterocycles. The molecular formula is C28H25NO6. The Balaban J connectivity index is 1.73. The summed E-state index contributed by atoms with van der Waals surface area (Å²) in [7, 11) is 1.54. The van der Waals surface area contributed by atoms with E-state index in [0.717, 1.165) is 11.1 Å². The summed E-state index contributed by atoms with van der Waals surface area (Å²) in [4.78, 5) is 29.1. The van der Waals surface area contributed by atoms with Gasteiger partial charge in [-0.05, 0) is 60.9 Å². The van der Waals surface area contributed by atoms with Crippen LogP contribution in [0.1, 0.15) is 44.6 Å². The minimum atomic E-state index is -0.689. The number of carbonyl (C=O) groups is 1. The fourth-order valence-corrected chi connectivity index (χ4v) is 4.72. The van der Waals surface area contributed by atoms with Gasteiger partial charge in [0.2, 0.25) is 5.76 Å². The maximum atomic E-state index is 13.9. The van der Waals surface area contributed by atoms with Crippen LogP contribution >= 0.6 is 0 Å². The van der Waals surface area contributed by atoms with Crippen LogP contribution in [0.5, 0.6) is 11.5 Å². The summed E-state index contributed by atoms with van der Waals surface area (Å²) in [5.74, 6) is 1.30. The number of methoxy groups -OCH3 is 1. The molecule has 0 bridgehead atoms. The highest BCUT2D eigenvalue weighted by atomic mass is 16.5. The fraction of sp³-hybridized carbons (Fsp3) is 0.214. The van der Waals surface area contributed by atoms with E-state index in [0.29, 0.717) is 46.0 Å². The molecule has 2 aromatic carbocycles. The zero-order valence-corrected chi connectivity index (χ0v) is 19.8. The van der Waals surface area contributed by atoms with Crippen molar-refractivity contribution in [1.29, 1.82) is 0 Å². The van der Waals surface area contributed by atoms with Crippen molar-refractivity contribution in [3.63, 3.8) is 0 Å². The van der Waals surface area contributed by atoms with E-state index in [1.165, 1.54) is 0 Å². The number of amides is 1. The number of hydrogen-bond donors (Lipinski definition) is 0. The van der Waals surface area contributed by atoms with E-state index >= 15 is 0 Å². The van der Waals surface area contributed by atoms with Crippen LogP contribution in [0.25, 0.3) is 11.0 Å². The summed E-state index contributed by atoms with van der Waals surface area (Å²) in [6.45, 7) is 7.97. The van der Waals surface area contributed by atoms with Gasteiger partial charge in [-0.2, -0.15) is 0 Å². The second-order valence-electron chi connectivity index (χ2n) is 8.55. The van der Waals surface area contributed by atoms with Crippen LogP contribution in [0.3, 0.4) is 0 Å². The Hall–Kier alpha value is -4.26. The summed E-state index contributed by atoms with van der Waals surface area (Å²) in [5, 5.41) is 0.477. The van der Waals surface area contributed by atoms with Crippen molar-refractivity contribution in [3.8, 4) is 11.5 Å². The van der Waals surface area contributed by atoms with E-state index < -0.39 is 6.04 Å². The molecule has 3 heterocycles. The zero-order chi connectivity index (χ0) is 24.7. The van der Waals surface area contributed by atoms with Crippen LogP contribution in [0.15, 0.2) is 75.0 Å². The van der Waals surface area contributed by atoms with Crippen molar-refractivity contribution >= 4 is 16.9 Å². The van der Waals surface area contributed by atoms with Gasteiger partial charge >= 0.3 is 0 Å². The SMILES string of the molecule is C=CCOc1ccc(C2c3c(oc4cc(C)cc(C)c4c3=O)C(=O)N2Cc2ccco2)cc1OC. The first-order valence-electron chi connectivity index (χ1n) is 11.3. The van der Waals surface area contributed by atoms with Crippen LogP contribution in [-0.4, -0.2) is 24.5 Å². The minimum absolute atomic E-state index is 0.0509. The lowest BCUT2D eigenvalue weighted by Crippen LogP contribution is -2.29. The van der Waals surface area contributed by atoms with Gasteiger partial charge in [0.15, 0.2) is 16.9 Å². The summed E-state index contributed by atoms with van der Waals surface area (Å²) in [6.07, 6.45) is 3.20. The molecule has 0 saturated carbocycles. The molecular weight excluding hydrogens is 446 g/mol. The first kappa shape index (κ1) is 22.5. The third kappa shape index (κ3) is 3.79. The van der Waals surface area contributed by atoms with Crippen LogP contribution in [0, 0.1) is 13.8 Å². The molecule has 35 heavy (non-hydrogen) atoms. The predicted molar refractivity (Wildman–Crippen MR) is 131 cm³/mol. The predicted octanol–water partition coefficient (Wildman–Crippen LogP) is 5.32. The average molecular weight is 472 g/mol. The van der Waals surface area contributed by atoms with Gasteiger partial charge in [0.05, 0.1) is 36.9 Å². The Morgan fingerprint density at radius 1 is 1.11 bits per heavy atom. The number of furan rings is 1. The van der Waals surface area contributed by atoms with Gasteiger partial charge in [-0.3, -0.25) is 9.59 Å². The molecule has 1 atom stereocenters. The number of fused-ring (bicyclic) bond motifs is 2. The van der Waals surface area contributed by atoms with Crippen molar-refractivity contribution in [3.05, 3.63) is 105 Å². The third-order valence-electron chi connectivity index (χ3n) is 6.18. The highest BCUT2D eigenvalue weighted by Gasteiger charge is 2.43. The summed E-state index contributed by atoms with van der Waals surface area (Å²) >= 11 is 0. The molecule has 1 amide bonds. The zero-order valence-electron chi connectivity index (χ0n) is 19.8. The third-order valence-corrected chi connectivity index (χ3v) is 6.18. The topological polar surface area (TPSA) is 82.1 Å². The maximum Gasteiger partial charge on any atom is 0.291 e. The maximum absolute atomic E-state index is 13.9. The molecule has 7 heteroatoms. The normalized spacial score (nSPS) is 14.9. The van der Waals surface area contributed by atoms with Gasteiger partial charge < -0.3 is 23.2 Å². The van der Waals surface area contributed by atoms with E-state index in [4.69, 9.17) is 18.3 Å². The molecule has 0 N–H and O–H groups in total. The van der Waals surface area contributed by atoms with Crippen LogP contribution in [0.2, 0.25) is 0 Å². The van der Waals surface area contributed by atoms with Crippen molar-refractivity contribution in [2.45, 2.75) is 26.4 Å². The van der Waals surface area contributed by atoms with E-state index in [-0.39, 0.29) is 23.6 Å². The molecule has 0 fully saturated rings. The first-order chi connectivity index (χ1) is 16.9. The number of aryl methyl sites for hydroxylation is 2. The van der Waals surface area contributed by atoms with Crippen LogP contribution in [0.4, 0.5) is 0 Å². The number of carbonyl (C=O) groups excluding carboxylic acids is 1. The van der Waals surface area contributed by atoms with Crippen molar-refractivity contribution < 1.29 is 23.1 Å². The Morgan fingerprint density at radius 2 is 1.94 bits per heavy atom. The number of hydrogen-bond acceptors (Lipinski definition) is 6. The van der Waals surface area contributed by atoms with Crippen LogP contribution < -0.4 is 14.9 Å². The molecule has 2 aromatic heterocycles. The van der Waals surface area contributed by atoms with E-state index in [1.54, 1.807) is 54.7 Å².